The van der Waals surface area contributed by atoms with Crippen molar-refractivity contribution in [2.24, 2.45) is 7.05 Å². The van der Waals surface area contributed by atoms with E-state index in [9.17, 15) is 0 Å². The first-order chi connectivity index (χ1) is 10.2. The Balaban J connectivity index is 1.80. The van der Waals surface area contributed by atoms with Crippen LogP contribution < -0.4 is 5.32 Å². The molecule has 0 aliphatic heterocycles. The second-order valence-electron chi connectivity index (χ2n) is 4.94. The zero-order chi connectivity index (χ0) is 14.7. The van der Waals surface area contributed by atoms with Crippen LogP contribution in [0.4, 0.5) is 5.69 Å². The zero-order valence-corrected chi connectivity index (χ0v) is 12.1. The molecule has 5 heteroatoms. The van der Waals surface area contributed by atoms with E-state index in [1.54, 1.807) is 11.0 Å². The smallest absolute Gasteiger partial charge is 0.181 e. The summed E-state index contributed by atoms with van der Waals surface area (Å²) in [5.41, 5.74) is 3.03. The van der Waals surface area contributed by atoms with Gasteiger partial charge in [0.2, 0.25) is 0 Å². The van der Waals surface area contributed by atoms with E-state index in [1.165, 1.54) is 0 Å². The Hall–Kier alpha value is -2.69. The van der Waals surface area contributed by atoms with Crippen molar-refractivity contribution >= 4 is 5.69 Å². The zero-order valence-electron chi connectivity index (χ0n) is 12.1. The van der Waals surface area contributed by atoms with Crippen LogP contribution in [0.3, 0.4) is 0 Å². The van der Waals surface area contributed by atoms with Crippen LogP contribution in [0.5, 0.6) is 0 Å². The molecule has 2 aromatic heterocycles. The molecule has 0 spiro atoms. The highest BCUT2D eigenvalue weighted by Crippen LogP contribution is 2.22. The SMILES string of the molecule is CC(Nc1cccc(-c2ncn(C)n2)c1)c1ccccn1. The Morgan fingerprint density at radius 3 is 2.71 bits per heavy atom. The third kappa shape index (κ3) is 3.08. The summed E-state index contributed by atoms with van der Waals surface area (Å²) in [5.74, 6) is 0.728. The average molecular weight is 279 g/mol. The number of rotatable bonds is 4. The van der Waals surface area contributed by atoms with E-state index in [0.717, 1.165) is 22.8 Å². The van der Waals surface area contributed by atoms with Crippen molar-refractivity contribution in [1.29, 1.82) is 0 Å². The van der Waals surface area contributed by atoms with Crippen molar-refractivity contribution < 1.29 is 0 Å². The van der Waals surface area contributed by atoms with E-state index in [-0.39, 0.29) is 6.04 Å². The molecule has 106 valence electrons. The van der Waals surface area contributed by atoms with Crippen molar-refractivity contribution in [3.8, 4) is 11.4 Å². The van der Waals surface area contributed by atoms with Crippen LogP contribution >= 0.6 is 0 Å². The van der Waals surface area contributed by atoms with Crippen molar-refractivity contribution in [3.05, 3.63) is 60.7 Å². The lowest BCUT2D eigenvalue weighted by atomic mass is 10.1. The number of hydrogen-bond donors (Lipinski definition) is 1. The highest BCUT2D eigenvalue weighted by atomic mass is 15.3. The van der Waals surface area contributed by atoms with E-state index < -0.39 is 0 Å². The fourth-order valence-corrected chi connectivity index (χ4v) is 2.18. The van der Waals surface area contributed by atoms with Gasteiger partial charge in [-0.15, -0.1) is 0 Å². The largest absolute Gasteiger partial charge is 0.377 e. The number of anilines is 1. The topological polar surface area (TPSA) is 55.6 Å². The number of aryl methyl sites for hydroxylation is 1. The van der Waals surface area contributed by atoms with Crippen molar-refractivity contribution in [2.45, 2.75) is 13.0 Å². The van der Waals surface area contributed by atoms with Gasteiger partial charge in [0.05, 0.1) is 11.7 Å². The van der Waals surface area contributed by atoms with Crippen molar-refractivity contribution in [1.82, 2.24) is 19.7 Å². The predicted octanol–water partition coefficient (Wildman–Crippen LogP) is 3.05. The number of pyridine rings is 1. The molecule has 1 atom stereocenters. The molecular weight excluding hydrogens is 262 g/mol. The normalized spacial score (nSPS) is 12.1. The number of hydrogen-bond acceptors (Lipinski definition) is 4. The van der Waals surface area contributed by atoms with E-state index >= 15 is 0 Å². The van der Waals surface area contributed by atoms with Crippen molar-refractivity contribution in [2.75, 3.05) is 5.32 Å². The third-order valence-corrected chi connectivity index (χ3v) is 3.23. The lowest BCUT2D eigenvalue weighted by Crippen LogP contribution is -2.08. The molecule has 0 amide bonds. The van der Waals surface area contributed by atoms with Gasteiger partial charge in [0.1, 0.15) is 6.33 Å². The van der Waals surface area contributed by atoms with Crippen LogP contribution in [0.1, 0.15) is 18.7 Å². The molecule has 0 radical (unpaired) electrons. The van der Waals surface area contributed by atoms with Crippen LogP contribution in [0.15, 0.2) is 55.0 Å². The summed E-state index contributed by atoms with van der Waals surface area (Å²) in [6.45, 7) is 2.09. The van der Waals surface area contributed by atoms with E-state index in [1.807, 2.05) is 49.6 Å². The fourth-order valence-electron chi connectivity index (χ4n) is 2.18. The van der Waals surface area contributed by atoms with Gasteiger partial charge < -0.3 is 5.32 Å². The van der Waals surface area contributed by atoms with Gasteiger partial charge in [0.25, 0.3) is 0 Å². The summed E-state index contributed by atoms with van der Waals surface area (Å²) in [6, 6.07) is 14.2. The molecule has 3 rings (SSSR count). The molecule has 21 heavy (non-hydrogen) atoms. The van der Waals surface area contributed by atoms with Gasteiger partial charge in [-0.1, -0.05) is 18.2 Å². The molecule has 2 heterocycles. The maximum atomic E-state index is 4.37. The van der Waals surface area contributed by atoms with Crippen LogP contribution in [0, 0.1) is 0 Å². The van der Waals surface area contributed by atoms with E-state index in [2.05, 4.69) is 33.4 Å². The molecule has 0 saturated carbocycles. The van der Waals surface area contributed by atoms with Gasteiger partial charge in [0.15, 0.2) is 5.82 Å². The molecular formula is C16H17N5. The summed E-state index contributed by atoms with van der Waals surface area (Å²) < 4.78 is 1.70. The Morgan fingerprint density at radius 1 is 1.10 bits per heavy atom. The minimum absolute atomic E-state index is 0.137. The molecule has 5 nitrogen and oxygen atoms in total. The summed E-state index contributed by atoms with van der Waals surface area (Å²) in [7, 11) is 1.86. The number of nitrogens with one attached hydrogen (secondary N) is 1. The van der Waals surface area contributed by atoms with Gasteiger partial charge in [-0.25, -0.2) is 4.98 Å². The maximum absolute atomic E-state index is 4.37. The van der Waals surface area contributed by atoms with Crippen LogP contribution in [0.2, 0.25) is 0 Å². The summed E-state index contributed by atoms with van der Waals surface area (Å²) in [6.07, 6.45) is 3.51. The first kappa shape index (κ1) is 13.3. The second kappa shape index (κ2) is 5.75. The minimum Gasteiger partial charge on any atom is -0.377 e. The second-order valence-corrected chi connectivity index (χ2v) is 4.94. The monoisotopic (exact) mass is 279 g/mol. The van der Waals surface area contributed by atoms with Crippen LogP contribution in [0.25, 0.3) is 11.4 Å². The lowest BCUT2D eigenvalue weighted by molar-refractivity contribution is 0.768. The van der Waals surface area contributed by atoms with Gasteiger partial charge in [-0.05, 0) is 31.2 Å². The first-order valence-corrected chi connectivity index (χ1v) is 6.86. The molecule has 3 aromatic rings. The molecule has 0 aliphatic carbocycles. The molecule has 1 N–H and O–H groups in total. The molecule has 1 aromatic carbocycles. The van der Waals surface area contributed by atoms with Crippen LogP contribution in [-0.2, 0) is 7.05 Å². The number of benzene rings is 1. The quantitative estimate of drug-likeness (QED) is 0.797. The average Bonchev–Trinajstić information content (AvgIpc) is 2.95. The molecule has 0 saturated heterocycles. The molecule has 0 aliphatic rings. The van der Waals surface area contributed by atoms with Gasteiger partial charge in [-0.2, -0.15) is 5.10 Å². The lowest BCUT2D eigenvalue weighted by Gasteiger charge is -2.15. The molecule has 0 fully saturated rings. The predicted molar refractivity (Wildman–Crippen MR) is 82.7 cm³/mol. The van der Waals surface area contributed by atoms with Crippen LogP contribution in [-0.4, -0.2) is 19.7 Å². The van der Waals surface area contributed by atoms with Crippen molar-refractivity contribution in [3.63, 3.8) is 0 Å². The van der Waals surface area contributed by atoms with Gasteiger partial charge in [0, 0.05) is 24.5 Å². The van der Waals surface area contributed by atoms with Gasteiger partial charge in [-0.3, -0.25) is 9.67 Å². The standard InChI is InChI=1S/C16H17N5/c1-12(15-8-3-4-9-17-15)19-14-7-5-6-13(10-14)16-18-11-21(2)20-16/h3-12,19H,1-2H3. The third-order valence-electron chi connectivity index (χ3n) is 3.23. The molecule has 0 bridgehead atoms. The summed E-state index contributed by atoms with van der Waals surface area (Å²) >= 11 is 0. The Labute approximate surface area is 123 Å². The highest BCUT2D eigenvalue weighted by Gasteiger charge is 2.08. The Morgan fingerprint density at radius 2 is 2.00 bits per heavy atom. The number of aromatic nitrogens is 4. The number of nitrogens with zero attached hydrogens (tertiary/aromatic N) is 4. The Bertz CT molecular complexity index is 720. The van der Waals surface area contributed by atoms with E-state index in [4.69, 9.17) is 0 Å². The van der Waals surface area contributed by atoms with E-state index in [0.29, 0.717) is 0 Å². The minimum atomic E-state index is 0.137. The summed E-state index contributed by atoms with van der Waals surface area (Å²) in [4.78, 5) is 8.64. The highest BCUT2D eigenvalue weighted by molar-refractivity contribution is 5.62. The van der Waals surface area contributed by atoms with Gasteiger partial charge >= 0.3 is 0 Å². The Kier molecular flexibility index (Phi) is 3.64. The maximum Gasteiger partial charge on any atom is 0.181 e. The fraction of sp³-hybridized carbons (Fsp3) is 0.188. The first-order valence-electron chi connectivity index (χ1n) is 6.86. The molecule has 1 unspecified atom stereocenters. The summed E-state index contributed by atoms with van der Waals surface area (Å²) in [5, 5.41) is 7.78.